The fourth-order valence-corrected chi connectivity index (χ4v) is 8.44. The van der Waals surface area contributed by atoms with Crippen LogP contribution >= 0.6 is 0 Å². The van der Waals surface area contributed by atoms with Gasteiger partial charge in [0, 0.05) is 13.2 Å². The second kappa shape index (κ2) is 10.9. The molecule has 2 rings (SSSR count). The third kappa shape index (κ3) is 6.87. The molecule has 0 aliphatic heterocycles. The maximum Gasteiger partial charge on any atom is 0.338 e. The Kier molecular flexibility index (Phi) is 9.21. The van der Waals surface area contributed by atoms with E-state index in [1.807, 2.05) is 0 Å². The molecule has 0 aromatic rings. The molecule has 3 heteroatoms. The van der Waals surface area contributed by atoms with Gasteiger partial charge in [0.2, 0.25) is 0 Å². The lowest BCUT2D eigenvalue weighted by molar-refractivity contribution is 0.174. The summed E-state index contributed by atoms with van der Waals surface area (Å²) in [7, 11) is -1.96. The van der Waals surface area contributed by atoms with Gasteiger partial charge in [0.25, 0.3) is 0 Å². The fraction of sp³-hybridized carbons (Fsp3) is 1.00. The SMILES string of the molecule is CCO[Si](CCC1CCCCC1)(CCC1CCCCC1)OCC. The Hall–Kier alpha value is 0.137. The van der Waals surface area contributed by atoms with Gasteiger partial charge in [0.1, 0.15) is 0 Å². The van der Waals surface area contributed by atoms with Gasteiger partial charge in [-0.05, 0) is 50.6 Å². The topological polar surface area (TPSA) is 18.5 Å². The van der Waals surface area contributed by atoms with Crippen molar-refractivity contribution in [2.24, 2.45) is 11.8 Å². The van der Waals surface area contributed by atoms with E-state index in [9.17, 15) is 0 Å². The number of rotatable bonds is 10. The summed E-state index contributed by atoms with van der Waals surface area (Å²) in [4.78, 5) is 0. The number of hydrogen-bond acceptors (Lipinski definition) is 2. The van der Waals surface area contributed by atoms with Gasteiger partial charge in [-0.25, -0.2) is 0 Å². The molecule has 2 saturated carbocycles. The fourth-order valence-electron chi connectivity index (χ4n) is 4.78. The first kappa shape index (κ1) is 19.5. The zero-order valence-corrected chi connectivity index (χ0v) is 16.8. The molecule has 0 unspecified atom stereocenters. The summed E-state index contributed by atoms with van der Waals surface area (Å²) in [5.74, 6) is 1.90. The Balaban J connectivity index is 1.86. The highest BCUT2D eigenvalue weighted by Gasteiger charge is 2.38. The van der Waals surface area contributed by atoms with Crippen LogP contribution in [0.3, 0.4) is 0 Å². The van der Waals surface area contributed by atoms with Gasteiger partial charge >= 0.3 is 8.56 Å². The molecule has 0 spiro atoms. The summed E-state index contributed by atoms with van der Waals surface area (Å²) in [6.07, 6.45) is 17.2. The average molecular weight is 341 g/mol. The molecule has 0 aromatic heterocycles. The Morgan fingerprint density at radius 1 is 0.652 bits per heavy atom. The molecule has 2 nitrogen and oxygen atoms in total. The van der Waals surface area contributed by atoms with Crippen molar-refractivity contribution in [3.05, 3.63) is 0 Å². The van der Waals surface area contributed by atoms with E-state index < -0.39 is 8.56 Å². The quantitative estimate of drug-likeness (QED) is 0.426. The van der Waals surface area contributed by atoms with Crippen molar-refractivity contribution in [1.82, 2.24) is 0 Å². The summed E-state index contributed by atoms with van der Waals surface area (Å²) in [5.41, 5.74) is 0. The molecular weight excluding hydrogens is 300 g/mol. The standard InChI is InChI=1S/C20H40O2Si/c1-3-21-23(22-4-2,17-15-19-11-7-5-8-12-19)18-16-20-13-9-6-10-14-20/h19-20H,3-18H2,1-2H3. The Morgan fingerprint density at radius 2 is 1.04 bits per heavy atom. The van der Waals surface area contributed by atoms with E-state index in [0.717, 1.165) is 25.0 Å². The second-order valence-corrected chi connectivity index (χ2v) is 11.3. The van der Waals surface area contributed by atoms with Crippen molar-refractivity contribution < 1.29 is 8.85 Å². The van der Waals surface area contributed by atoms with Gasteiger partial charge in [0.05, 0.1) is 0 Å². The van der Waals surface area contributed by atoms with Gasteiger partial charge in [-0.15, -0.1) is 0 Å². The molecule has 0 N–H and O–H groups in total. The summed E-state index contributed by atoms with van der Waals surface area (Å²) in [6.45, 7) is 5.98. The summed E-state index contributed by atoms with van der Waals surface area (Å²) >= 11 is 0. The molecule has 0 atom stereocenters. The van der Waals surface area contributed by atoms with Gasteiger partial charge in [-0.1, -0.05) is 64.2 Å². The van der Waals surface area contributed by atoms with Crippen LogP contribution in [-0.2, 0) is 8.85 Å². The minimum atomic E-state index is -1.96. The third-order valence-corrected chi connectivity index (χ3v) is 9.86. The van der Waals surface area contributed by atoms with E-state index in [2.05, 4.69) is 13.8 Å². The van der Waals surface area contributed by atoms with E-state index in [0.29, 0.717) is 0 Å². The van der Waals surface area contributed by atoms with E-state index in [1.165, 1.54) is 89.1 Å². The van der Waals surface area contributed by atoms with Crippen molar-refractivity contribution in [2.75, 3.05) is 13.2 Å². The van der Waals surface area contributed by atoms with Crippen molar-refractivity contribution in [3.63, 3.8) is 0 Å². The average Bonchev–Trinajstić information content (AvgIpc) is 2.60. The highest BCUT2D eigenvalue weighted by Crippen LogP contribution is 2.35. The van der Waals surface area contributed by atoms with Crippen LogP contribution in [0.5, 0.6) is 0 Å². The summed E-state index contributed by atoms with van der Waals surface area (Å²) in [6, 6.07) is 2.48. The molecule has 0 amide bonds. The van der Waals surface area contributed by atoms with Gasteiger partial charge in [-0.2, -0.15) is 0 Å². The monoisotopic (exact) mass is 340 g/mol. The molecule has 23 heavy (non-hydrogen) atoms. The van der Waals surface area contributed by atoms with Crippen LogP contribution in [0.15, 0.2) is 0 Å². The number of hydrogen-bond donors (Lipinski definition) is 0. The normalized spacial score (nSPS) is 21.7. The largest absolute Gasteiger partial charge is 0.394 e. The first-order valence-electron chi connectivity index (χ1n) is 10.6. The lowest BCUT2D eigenvalue weighted by atomic mass is 9.87. The summed E-state index contributed by atoms with van der Waals surface area (Å²) < 4.78 is 12.7. The smallest absolute Gasteiger partial charge is 0.338 e. The van der Waals surface area contributed by atoms with Crippen molar-refractivity contribution in [3.8, 4) is 0 Å². The van der Waals surface area contributed by atoms with Crippen LogP contribution in [0, 0.1) is 11.8 Å². The first-order chi connectivity index (χ1) is 11.3. The molecule has 0 bridgehead atoms. The van der Waals surface area contributed by atoms with Crippen LogP contribution in [0.25, 0.3) is 0 Å². The molecule has 2 fully saturated rings. The lowest BCUT2D eigenvalue weighted by Crippen LogP contribution is -2.43. The van der Waals surface area contributed by atoms with Crippen molar-refractivity contribution >= 4 is 8.56 Å². The third-order valence-electron chi connectivity index (χ3n) is 6.13. The van der Waals surface area contributed by atoms with E-state index in [1.54, 1.807) is 0 Å². The maximum absolute atomic E-state index is 6.37. The molecule has 2 aliphatic carbocycles. The first-order valence-corrected chi connectivity index (χ1v) is 12.8. The minimum Gasteiger partial charge on any atom is -0.394 e. The highest BCUT2D eigenvalue weighted by molar-refractivity contribution is 6.67. The molecule has 0 aromatic carbocycles. The molecule has 136 valence electrons. The zero-order valence-electron chi connectivity index (χ0n) is 15.8. The van der Waals surface area contributed by atoms with E-state index >= 15 is 0 Å². The predicted octanol–water partition coefficient (Wildman–Crippen LogP) is 6.44. The van der Waals surface area contributed by atoms with Crippen molar-refractivity contribution in [2.45, 2.75) is 103 Å². The lowest BCUT2D eigenvalue weighted by Gasteiger charge is -2.34. The molecule has 2 aliphatic rings. The summed E-state index contributed by atoms with van der Waals surface area (Å²) in [5, 5.41) is 0. The molecular formula is C20H40O2Si. The Labute approximate surface area is 146 Å². The van der Waals surface area contributed by atoms with Crippen LogP contribution in [-0.4, -0.2) is 21.8 Å². The van der Waals surface area contributed by atoms with Crippen LogP contribution in [0.4, 0.5) is 0 Å². The van der Waals surface area contributed by atoms with Gasteiger partial charge in [0.15, 0.2) is 0 Å². The van der Waals surface area contributed by atoms with E-state index in [-0.39, 0.29) is 0 Å². The van der Waals surface area contributed by atoms with Crippen molar-refractivity contribution in [1.29, 1.82) is 0 Å². The van der Waals surface area contributed by atoms with Crippen LogP contribution in [0.2, 0.25) is 12.1 Å². The van der Waals surface area contributed by atoms with Crippen LogP contribution in [0.1, 0.15) is 90.9 Å². The van der Waals surface area contributed by atoms with Crippen LogP contribution < -0.4 is 0 Å². The molecule has 0 radical (unpaired) electrons. The van der Waals surface area contributed by atoms with E-state index in [4.69, 9.17) is 8.85 Å². The predicted molar refractivity (Wildman–Crippen MR) is 101 cm³/mol. The minimum absolute atomic E-state index is 0.835. The Bertz CT molecular complexity index is 266. The zero-order chi connectivity index (χ0) is 16.4. The maximum atomic E-state index is 6.37. The van der Waals surface area contributed by atoms with Gasteiger partial charge < -0.3 is 8.85 Å². The highest BCUT2D eigenvalue weighted by atomic mass is 28.4. The Morgan fingerprint density at radius 3 is 1.39 bits per heavy atom. The molecule has 0 heterocycles. The second-order valence-electron chi connectivity index (χ2n) is 7.86. The van der Waals surface area contributed by atoms with Gasteiger partial charge in [-0.3, -0.25) is 0 Å². The molecule has 0 saturated heterocycles.